The highest BCUT2D eigenvalue weighted by Gasteiger charge is 2.09. The largest absolute Gasteiger partial charge is 0.495 e. The summed E-state index contributed by atoms with van der Waals surface area (Å²) >= 11 is 9.24. The molecule has 6 heteroatoms. The zero-order chi connectivity index (χ0) is 14.5. The van der Waals surface area contributed by atoms with Crippen molar-refractivity contribution in [1.29, 1.82) is 0 Å². The van der Waals surface area contributed by atoms with Crippen LogP contribution in [-0.2, 0) is 0 Å². The lowest BCUT2D eigenvalue weighted by atomic mass is 10.3. The summed E-state index contributed by atoms with van der Waals surface area (Å²) in [5, 5.41) is 5.97. The first-order valence-electron chi connectivity index (χ1n) is 5.76. The van der Waals surface area contributed by atoms with Gasteiger partial charge in [0.1, 0.15) is 5.75 Å². The Labute approximate surface area is 130 Å². The lowest BCUT2D eigenvalue weighted by molar-refractivity contribution is 0.262. The highest BCUT2D eigenvalue weighted by atomic mass is 79.9. The third kappa shape index (κ3) is 3.65. The van der Waals surface area contributed by atoms with Crippen molar-refractivity contribution in [2.24, 2.45) is 0 Å². The quantitative estimate of drug-likeness (QED) is 0.834. The molecule has 0 fully saturated rings. The maximum Gasteiger partial charge on any atom is 0.323 e. The van der Waals surface area contributed by atoms with E-state index in [1.807, 2.05) is 12.1 Å². The molecule has 0 saturated heterocycles. The van der Waals surface area contributed by atoms with E-state index in [0.717, 1.165) is 4.47 Å². The first-order chi connectivity index (χ1) is 9.60. The fourth-order valence-electron chi connectivity index (χ4n) is 1.62. The average Bonchev–Trinajstić information content (AvgIpc) is 2.43. The Hall–Kier alpha value is -1.72. The molecule has 0 bridgehead atoms. The van der Waals surface area contributed by atoms with Gasteiger partial charge in [-0.3, -0.25) is 0 Å². The summed E-state index contributed by atoms with van der Waals surface area (Å²) in [6.07, 6.45) is 0. The molecule has 2 rings (SSSR count). The molecule has 4 nitrogen and oxygen atoms in total. The van der Waals surface area contributed by atoms with Crippen molar-refractivity contribution in [3.63, 3.8) is 0 Å². The van der Waals surface area contributed by atoms with Crippen LogP contribution in [0.5, 0.6) is 5.75 Å². The number of methoxy groups -OCH3 is 1. The molecule has 0 aromatic heterocycles. The lowest BCUT2D eigenvalue weighted by Gasteiger charge is -2.12. The zero-order valence-electron chi connectivity index (χ0n) is 10.6. The van der Waals surface area contributed by atoms with E-state index in [0.29, 0.717) is 22.1 Å². The maximum absolute atomic E-state index is 12.0. The van der Waals surface area contributed by atoms with Crippen molar-refractivity contribution in [3.8, 4) is 5.75 Å². The van der Waals surface area contributed by atoms with Gasteiger partial charge in [0.05, 0.1) is 18.5 Å². The molecule has 2 aromatic carbocycles. The van der Waals surface area contributed by atoms with Gasteiger partial charge in [-0.1, -0.05) is 23.7 Å². The van der Waals surface area contributed by atoms with E-state index in [9.17, 15) is 4.79 Å². The summed E-state index contributed by atoms with van der Waals surface area (Å²) in [5.74, 6) is 0.591. The monoisotopic (exact) mass is 354 g/mol. The van der Waals surface area contributed by atoms with Crippen LogP contribution in [0, 0.1) is 0 Å². The molecular formula is C14H12BrClN2O2. The molecule has 0 atom stereocenters. The summed E-state index contributed by atoms with van der Waals surface area (Å²) in [7, 11) is 1.55. The second-order valence-electron chi connectivity index (χ2n) is 3.90. The number of urea groups is 1. The number of rotatable bonds is 3. The van der Waals surface area contributed by atoms with E-state index >= 15 is 0 Å². The van der Waals surface area contributed by atoms with Crippen molar-refractivity contribution in [2.45, 2.75) is 0 Å². The van der Waals surface area contributed by atoms with Crippen molar-refractivity contribution in [3.05, 3.63) is 52.0 Å². The molecule has 0 radical (unpaired) electrons. The van der Waals surface area contributed by atoms with Gasteiger partial charge in [-0.25, -0.2) is 4.79 Å². The van der Waals surface area contributed by atoms with Crippen LogP contribution in [0.25, 0.3) is 0 Å². The number of para-hydroxylation sites is 2. The van der Waals surface area contributed by atoms with Gasteiger partial charge < -0.3 is 15.4 Å². The van der Waals surface area contributed by atoms with Crippen molar-refractivity contribution < 1.29 is 9.53 Å². The van der Waals surface area contributed by atoms with Crippen LogP contribution in [-0.4, -0.2) is 13.1 Å². The second kappa shape index (κ2) is 6.63. The number of anilines is 2. The predicted octanol–water partition coefficient (Wildman–Crippen LogP) is 4.76. The lowest BCUT2D eigenvalue weighted by Crippen LogP contribution is -2.20. The minimum Gasteiger partial charge on any atom is -0.495 e. The fraction of sp³-hybridized carbons (Fsp3) is 0.0714. The molecule has 0 spiro atoms. The van der Waals surface area contributed by atoms with Crippen molar-refractivity contribution >= 4 is 44.9 Å². The van der Waals surface area contributed by atoms with E-state index in [1.165, 1.54) is 0 Å². The van der Waals surface area contributed by atoms with Gasteiger partial charge in [-0.2, -0.15) is 0 Å². The van der Waals surface area contributed by atoms with Gasteiger partial charge >= 0.3 is 6.03 Å². The number of carbonyl (C=O) groups excluding carboxylic acids is 1. The van der Waals surface area contributed by atoms with Gasteiger partial charge in [0.2, 0.25) is 0 Å². The highest BCUT2D eigenvalue weighted by molar-refractivity contribution is 9.10. The van der Waals surface area contributed by atoms with Crippen LogP contribution in [0.3, 0.4) is 0 Å². The zero-order valence-corrected chi connectivity index (χ0v) is 13.0. The number of amides is 2. The van der Waals surface area contributed by atoms with Crippen LogP contribution in [0.1, 0.15) is 0 Å². The SMILES string of the molecule is COc1ccccc1NC(=O)Nc1cc(Cl)ccc1Br. The number of benzene rings is 2. The Morgan fingerprint density at radius 3 is 2.60 bits per heavy atom. The van der Waals surface area contributed by atoms with Crippen LogP contribution in [0.15, 0.2) is 46.9 Å². The number of carbonyl (C=O) groups is 1. The Bertz CT molecular complexity index is 634. The molecule has 2 aromatic rings. The van der Waals surface area contributed by atoms with Crippen molar-refractivity contribution in [2.75, 3.05) is 17.7 Å². The summed E-state index contributed by atoms with van der Waals surface area (Å²) in [6, 6.07) is 11.9. The molecule has 2 amide bonds. The minimum atomic E-state index is -0.377. The van der Waals surface area contributed by atoms with Gasteiger partial charge in [0.15, 0.2) is 0 Å². The van der Waals surface area contributed by atoms with E-state index in [2.05, 4.69) is 26.6 Å². The molecule has 0 saturated carbocycles. The smallest absolute Gasteiger partial charge is 0.323 e. The standard InChI is InChI=1S/C14H12BrClN2O2/c1-20-13-5-3-2-4-11(13)17-14(19)18-12-8-9(16)6-7-10(12)15/h2-8H,1H3,(H2,17,18,19). The normalized spacial score (nSPS) is 9.95. The van der Waals surface area contributed by atoms with Crippen LogP contribution >= 0.6 is 27.5 Å². The molecule has 104 valence electrons. The average molecular weight is 356 g/mol. The molecular weight excluding hydrogens is 344 g/mol. The predicted molar refractivity (Wildman–Crippen MR) is 84.8 cm³/mol. The Morgan fingerprint density at radius 1 is 1.15 bits per heavy atom. The molecule has 0 heterocycles. The molecule has 0 aliphatic carbocycles. The second-order valence-corrected chi connectivity index (χ2v) is 5.19. The molecule has 0 aliphatic rings. The topological polar surface area (TPSA) is 50.4 Å². The summed E-state index contributed by atoms with van der Waals surface area (Å²) in [5.41, 5.74) is 1.18. The molecule has 2 N–H and O–H groups in total. The molecule has 20 heavy (non-hydrogen) atoms. The van der Waals surface area contributed by atoms with E-state index < -0.39 is 0 Å². The number of hydrogen-bond acceptors (Lipinski definition) is 2. The summed E-state index contributed by atoms with van der Waals surface area (Å²) in [4.78, 5) is 12.0. The Kier molecular flexibility index (Phi) is 4.87. The minimum absolute atomic E-state index is 0.377. The first kappa shape index (κ1) is 14.7. The third-order valence-corrected chi connectivity index (χ3v) is 3.46. The number of halogens is 2. The Balaban J connectivity index is 2.11. The highest BCUT2D eigenvalue weighted by Crippen LogP contribution is 2.27. The number of ether oxygens (including phenoxy) is 1. The third-order valence-electron chi connectivity index (χ3n) is 2.53. The summed E-state index contributed by atoms with van der Waals surface area (Å²) < 4.78 is 5.91. The van der Waals surface area contributed by atoms with Gasteiger partial charge in [0.25, 0.3) is 0 Å². The molecule has 0 unspecified atom stereocenters. The fourth-order valence-corrected chi connectivity index (χ4v) is 2.13. The van der Waals surface area contributed by atoms with E-state index in [1.54, 1.807) is 37.4 Å². The van der Waals surface area contributed by atoms with Gasteiger partial charge in [-0.05, 0) is 46.3 Å². The van der Waals surface area contributed by atoms with Crippen molar-refractivity contribution in [1.82, 2.24) is 0 Å². The first-order valence-corrected chi connectivity index (χ1v) is 6.93. The van der Waals surface area contributed by atoms with Crippen LogP contribution in [0.2, 0.25) is 5.02 Å². The van der Waals surface area contributed by atoms with Crippen LogP contribution in [0.4, 0.5) is 16.2 Å². The van der Waals surface area contributed by atoms with Crippen LogP contribution < -0.4 is 15.4 Å². The maximum atomic E-state index is 12.0. The Morgan fingerprint density at radius 2 is 1.85 bits per heavy atom. The van der Waals surface area contributed by atoms with Gasteiger partial charge in [-0.15, -0.1) is 0 Å². The van der Waals surface area contributed by atoms with E-state index in [-0.39, 0.29) is 6.03 Å². The van der Waals surface area contributed by atoms with E-state index in [4.69, 9.17) is 16.3 Å². The molecule has 0 aliphatic heterocycles. The van der Waals surface area contributed by atoms with Gasteiger partial charge in [0, 0.05) is 9.50 Å². The number of nitrogens with one attached hydrogen (secondary N) is 2. The summed E-state index contributed by atoms with van der Waals surface area (Å²) in [6.45, 7) is 0. The number of hydrogen-bond donors (Lipinski definition) is 2.